The molecule has 0 saturated heterocycles. The third-order valence-corrected chi connectivity index (χ3v) is 12.3. The monoisotopic (exact) mass is 698 g/mol. The second kappa shape index (κ2) is 12.1. The molecular weight excluding hydrogens is 661 g/mol. The van der Waals surface area contributed by atoms with E-state index in [1.807, 2.05) is 0 Å². The third-order valence-electron chi connectivity index (χ3n) is 12.3. The van der Waals surface area contributed by atoms with Gasteiger partial charge < -0.3 is 0 Å². The van der Waals surface area contributed by atoms with Crippen molar-refractivity contribution >= 4 is 43.1 Å². The van der Waals surface area contributed by atoms with Gasteiger partial charge in [0.1, 0.15) is 0 Å². The molecule has 0 aromatic heterocycles. The fourth-order valence-corrected chi connectivity index (χ4v) is 9.80. The Morgan fingerprint density at radius 1 is 0.291 bits per heavy atom. The van der Waals surface area contributed by atoms with E-state index in [0.717, 1.165) is 0 Å². The molecule has 0 fully saturated rings. The summed E-state index contributed by atoms with van der Waals surface area (Å²) in [5, 5.41) is 10.2. The minimum atomic E-state index is -0.114. The first-order chi connectivity index (χ1) is 27.1. The number of rotatable bonds is 4. The number of hydrogen-bond donors (Lipinski definition) is 0. The number of fused-ring (bicyclic) bond motifs is 9. The summed E-state index contributed by atoms with van der Waals surface area (Å²) in [6.07, 6.45) is 0. The maximum absolute atomic E-state index is 2.51. The van der Waals surface area contributed by atoms with Crippen LogP contribution in [0.5, 0.6) is 0 Å². The van der Waals surface area contributed by atoms with Gasteiger partial charge in [-0.2, -0.15) is 0 Å². The predicted molar refractivity (Wildman–Crippen MR) is 236 cm³/mol. The molecule has 55 heavy (non-hydrogen) atoms. The average molecular weight is 699 g/mol. The summed E-state index contributed by atoms with van der Waals surface area (Å²) in [7, 11) is 0. The standard InChI is InChI=1S/C55H38/c1-55(2)49-31-17-16-30-46(49)52-42-26-12-11-25-41(42)48(34-50(52)55)40-24-9-8-22-38(40)39-23-10-13-27-43(39)54-45-29-15-14-28-44(45)51(36-19-4-3-5-20-36)47-33-32-35-18-6-7-21-37(35)53(47)54/h3-34H,1-2H3. The summed E-state index contributed by atoms with van der Waals surface area (Å²) in [6, 6.07) is 72.2. The first kappa shape index (κ1) is 31.7. The highest BCUT2D eigenvalue weighted by molar-refractivity contribution is 6.28. The van der Waals surface area contributed by atoms with Gasteiger partial charge in [-0.1, -0.05) is 202 Å². The molecule has 0 radical (unpaired) electrons. The van der Waals surface area contributed by atoms with Gasteiger partial charge in [-0.15, -0.1) is 0 Å². The fourth-order valence-electron chi connectivity index (χ4n) is 9.80. The van der Waals surface area contributed by atoms with Crippen LogP contribution in [0.25, 0.3) is 98.7 Å². The largest absolute Gasteiger partial charge is 0.0622 e. The van der Waals surface area contributed by atoms with Crippen molar-refractivity contribution < 1.29 is 0 Å². The van der Waals surface area contributed by atoms with Gasteiger partial charge >= 0.3 is 0 Å². The number of benzene rings is 10. The Kier molecular flexibility index (Phi) is 7.00. The van der Waals surface area contributed by atoms with E-state index in [2.05, 4.69) is 208 Å². The van der Waals surface area contributed by atoms with Crippen LogP contribution in [0.4, 0.5) is 0 Å². The predicted octanol–water partition coefficient (Wildman–Crippen LogP) is 15.3. The van der Waals surface area contributed by atoms with E-state index in [1.54, 1.807) is 0 Å². The SMILES string of the molecule is CC1(C)c2ccccc2-c2c1cc(-c1ccccc1-c1ccccc1-c1c3ccccc3c(-c3ccccc3)c3ccc4ccccc4c13)c1ccccc21. The Morgan fingerprint density at radius 3 is 1.49 bits per heavy atom. The topological polar surface area (TPSA) is 0 Å². The van der Waals surface area contributed by atoms with E-state index in [1.165, 1.54) is 110 Å². The zero-order chi connectivity index (χ0) is 36.7. The molecule has 10 aromatic carbocycles. The Labute approximate surface area is 322 Å². The third kappa shape index (κ3) is 4.65. The van der Waals surface area contributed by atoms with Crippen molar-refractivity contribution in [2.24, 2.45) is 0 Å². The van der Waals surface area contributed by atoms with Crippen LogP contribution < -0.4 is 0 Å². The Morgan fingerprint density at radius 2 is 0.782 bits per heavy atom. The van der Waals surface area contributed by atoms with Gasteiger partial charge in [0.15, 0.2) is 0 Å². The molecule has 0 N–H and O–H groups in total. The van der Waals surface area contributed by atoms with Gasteiger partial charge in [-0.05, 0) is 116 Å². The molecule has 0 heteroatoms. The quantitative estimate of drug-likeness (QED) is 0.127. The first-order valence-corrected chi connectivity index (χ1v) is 19.4. The van der Waals surface area contributed by atoms with Gasteiger partial charge in [0.05, 0.1) is 0 Å². The molecule has 0 nitrogen and oxygen atoms in total. The molecule has 0 spiro atoms. The summed E-state index contributed by atoms with van der Waals surface area (Å²) in [4.78, 5) is 0. The second-order valence-corrected chi connectivity index (χ2v) is 15.5. The summed E-state index contributed by atoms with van der Waals surface area (Å²) >= 11 is 0. The molecule has 258 valence electrons. The van der Waals surface area contributed by atoms with E-state index >= 15 is 0 Å². The van der Waals surface area contributed by atoms with Crippen molar-refractivity contribution in [1.29, 1.82) is 0 Å². The van der Waals surface area contributed by atoms with Crippen molar-refractivity contribution in [2.45, 2.75) is 19.3 Å². The van der Waals surface area contributed by atoms with Gasteiger partial charge in [-0.25, -0.2) is 0 Å². The lowest BCUT2D eigenvalue weighted by Gasteiger charge is -2.24. The summed E-state index contributed by atoms with van der Waals surface area (Å²) < 4.78 is 0. The molecule has 0 heterocycles. The van der Waals surface area contributed by atoms with Crippen molar-refractivity contribution in [2.75, 3.05) is 0 Å². The molecule has 0 amide bonds. The van der Waals surface area contributed by atoms with E-state index in [0.29, 0.717) is 0 Å². The van der Waals surface area contributed by atoms with Gasteiger partial charge in [0, 0.05) is 5.41 Å². The molecule has 0 atom stereocenters. The molecule has 0 bridgehead atoms. The van der Waals surface area contributed by atoms with Crippen LogP contribution in [0.1, 0.15) is 25.0 Å². The van der Waals surface area contributed by atoms with Crippen molar-refractivity contribution in [3.63, 3.8) is 0 Å². The van der Waals surface area contributed by atoms with E-state index < -0.39 is 0 Å². The number of hydrogen-bond acceptors (Lipinski definition) is 0. The highest BCUT2D eigenvalue weighted by Crippen LogP contribution is 2.54. The smallest absolute Gasteiger partial charge is 0.0159 e. The molecule has 1 aliphatic carbocycles. The van der Waals surface area contributed by atoms with E-state index in [-0.39, 0.29) is 5.41 Å². The zero-order valence-corrected chi connectivity index (χ0v) is 31.0. The second-order valence-electron chi connectivity index (χ2n) is 15.5. The zero-order valence-electron chi connectivity index (χ0n) is 31.0. The van der Waals surface area contributed by atoms with Crippen LogP contribution in [-0.4, -0.2) is 0 Å². The maximum Gasteiger partial charge on any atom is 0.0159 e. The Bertz CT molecular complexity index is 3160. The molecular formula is C55H38. The summed E-state index contributed by atoms with van der Waals surface area (Å²) in [6.45, 7) is 4.77. The lowest BCUT2D eigenvalue weighted by molar-refractivity contribution is 0.661. The normalized spacial score (nSPS) is 13.1. The van der Waals surface area contributed by atoms with E-state index in [4.69, 9.17) is 0 Å². The van der Waals surface area contributed by atoms with Crippen molar-refractivity contribution in [3.8, 4) is 55.6 Å². The van der Waals surface area contributed by atoms with Crippen molar-refractivity contribution in [1.82, 2.24) is 0 Å². The fraction of sp³-hybridized carbons (Fsp3) is 0.0545. The summed E-state index contributed by atoms with van der Waals surface area (Å²) in [5.41, 5.74) is 15.4. The van der Waals surface area contributed by atoms with Crippen LogP contribution >= 0.6 is 0 Å². The van der Waals surface area contributed by atoms with Crippen LogP contribution in [0.15, 0.2) is 194 Å². The first-order valence-electron chi connectivity index (χ1n) is 19.4. The lowest BCUT2D eigenvalue weighted by atomic mass is 9.79. The molecule has 0 unspecified atom stereocenters. The lowest BCUT2D eigenvalue weighted by Crippen LogP contribution is -2.15. The highest BCUT2D eigenvalue weighted by Gasteiger charge is 2.37. The highest BCUT2D eigenvalue weighted by atomic mass is 14.4. The van der Waals surface area contributed by atoms with Gasteiger partial charge in [0.2, 0.25) is 0 Å². The van der Waals surface area contributed by atoms with Crippen LogP contribution in [-0.2, 0) is 5.41 Å². The van der Waals surface area contributed by atoms with Gasteiger partial charge in [0.25, 0.3) is 0 Å². The van der Waals surface area contributed by atoms with Crippen molar-refractivity contribution in [3.05, 3.63) is 205 Å². The average Bonchev–Trinajstić information content (AvgIpc) is 3.48. The Hall–Kier alpha value is -6.76. The minimum absolute atomic E-state index is 0.114. The molecule has 0 saturated carbocycles. The van der Waals surface area contributed by atoms with Gasteiger partial charge in [-0.3, -0.25) is 0 Å². The van der Waals surface area contributed by atoms with Crippen LogP contribution in [0.3, 0.4) is 0 Å². The molecule has 10 aromatic rings. The van der Waals surface area contributed by atoms with Crippen LogP contribution in [0.2, 0.25) is 0 Å². The summed E-state index contributed by atoms with van der Waals surface area (Å²) in [5.74, 6) is 0. The Balaban J connectivity index is 1.24. The van der Waals surface area contributed by atoms with Crippen LogP contribution in [0, 0.1) is 0 Å². The molecule has 0 aliphatic heterocycles. The minimum Gasteiger partial charge on any atom is -0.0622 e. The molecule has 1 aliphatic rings. The van der Waals surface area contributed by atoms with E-state index in [9.17, 15) is 0 Å². The molecule has 11 rings (SSSR count). The maximum atomic E-state index is 2.51.